The Balaban J connectivity index is 5.12. The van der Waals surface area contributed by atoms with Crippen LogP contribution in [0.1, 0.15) is 20.3 Å². The summed E-state index contributed by atoms with van der Waals surface area (Å²) in [5.74, 6) is -1.14. The van der Waals surface area contributed by atoms with Gasteiger partial charge < -0.3 is 5.11 Å². The van der Waals surface area contributed by atoms with E-state index in [1.807, 2.05) is 13.8 Å². The maximum absolute atomic E-state index is 10.9. The van der Waals surface area contributed by atoms with Crippen molar-refractivity contribution in [2.24, 2.45) is 5.92 Å². The first-order chi connectivity index (χ1) is 6.08. The van der Waals surface area contributed by atoms with Gasteiger partial charge in [-0.1, -0.05) is 24.6 Å². The fourth-order valence-corrected chi connectivity index (χ4v) is 1.13. The smallest absolute Gasteiger partial charge is 0.332 e. The number of hydrogen-bond acceptors (Lipinski definition) is 1. The van der Waals surface area contributed by atoms with Crippen LogP contribution in [0.25, 0.3) is 0 Å². The second kappa shape index (κ2) is 5.36. The van der Waals surface area contributed by atoms with E-state index in [9.17, 15) is 4.79 Å². The van der Waals surface area contributed by atoms with Crippen LogP contribution < -0.4 is 0 Å². The molecular weight excluding hydrogens is 164 g/mol. The molecule has 2 nitrogen and oxygen atoms in total. The average Bonchev–Trinajstić information content (AvgIpc) is 2.12. The highest BCUT2D eigenvalue weighted by molar-refractivity contribution is 5.88. The summed E-state index contributed by atoms with van der Waals surface area (Å²) in [7, 11) is 0. The zero-order valence-corrected chi connectivity index (χ0v) is 8.21. The molecule has 72 valence electrons. The van der Waals surface area contributed by atoms with Crippen molar-refractivity contribution in [2.75, 3.05) is 0 Å². The van der Waals surface area contributed by atoms with Gasteiger partial charge in [-0.25, -0.2) is 4.79 Å². The Morgan fingerprint density at radius 3 is 2.15 bits per heavy atom. The van der Waals surface area contributed by atoms with Gasteiger partial charge in [-0.15, -0.1) is 13.2 Å². The van der Waals surface area contributed by atoms with E-state index in [-0.39, 0.29) is 5.92 Å². The summed E-state index contributed by atoms with van der Waals surface area (Å²) in [4.78, 5) is 10.9. The van der Waals surface area contributed by atoms with E-state index in [1.54, 1.807) is 12.2 Å². The van der Waals surface area contributed by atoms with Gasteiger partial charge in [0, 0.05) is 11.5 Å². The second-order valence-corrected chi connectivity index (χ2v) is 2.85. The SMILES string of the molecule is C=CC(C=C)C(C(=O)O)=C(C)CC. The van der Waals surface area contributed by atoms with Crippen LogP contribution in [0.15, 0.2) is 36.5 Å². The van der Waals surface area contributed by atoms with Crippen molar-refractivity contribution >= 4 is 5.97 Å². The first-order valence-electron chi connectivity index (χ1n) is 4.26. The fraction of sp³-hybridized carbons (Fsp3) is 0.364. The van der Waals surface area contributed by atoms with Crippen molar-refractivity contribution in [2.45, 2.75) is 20.3 Å². The second-order valence-electron chi connectivity index (χ2n) is 2.85. The number of carboxylic acid groups (broad SMARTS) is 1. The third kappa shape index (κ3) is 2.90. The maximum atomic E-state index is 10.9. The van der Waals surface area contributed by atoms with E-state index in [4.69, 9.17) is 5.11 Å². The number of carboxylic acids is 1. The standard InChI is InChI=1S/C11H16O2/c1-5-8(4)10(11(12)13)9(6-2)7-3/h6-7,9H,2-3,5H2,1,4H3,(H,12,13). The van der Waals surface area contributed by atoms with Crippen LogP contribution in [-0.4, -0.2) is 11.1 Å². The molecule has 0 aromatic heterocycles. The molecule has 0 saturated carbocycles. The minimum absolute atomic E-state index is 0.252. The van der Waals surface area contributed by atoms with E-state index in [2.05, 4.69) is 13.2 Å². The van der Waals surface area contributed by atoms with Crippen LogP contribution in [-0.2, 0) is 4.79 Å². The van der Waals surface area contributed by atoms with Crippen molar-refractivity contribution < 1.29 is 9.90 Å². The number of carbonyl (C=O) groups is 1. The molecule has 0 unspecified atom stereocenters. The van der Waals surface area contributed by atoms with Crippen molar-refractivity contribution in [3.63, 3.8) is 0 Å². The summed E-state index contributed by atoms with van der Waals surface area (Å²) in [5, 5.41) is 8.95. The molecular formula is C11H16O2. The maximum Gasteiger partial charge on any atom is 0.332 e. The highest BCUT2D eigenvalue weighted by atomic mass is 16.4. The molecule has 0 aliphatic heterocycles. The van der Waals surface area contributed by atoms with Crippen LogP contribution in [0, 0.1) is 5.92 Å². The van der Waals surface area contributed by atoms with Crippen LogP contribution in [0.4, 0.5) is 0 Å². The van der Waals surface area contributed by atoms with E-state index in [0.717, 1.165) is 12.0 Å². The van der Waals surface area contributed by atoms with Crippen molar-refractivity contribution in [1.82, 2.24) is 0 Å². The molecule has 1 N–H and O–H groups in total. The highest BCUT2D eigenvalue weighted by Gasteiger charge is 2.16. The predicted octanol–water partition coefficient (Wildman–Crippen LogP) is 2.79. The molecule has 0 heterocycles. The summed E-state index contributed by atoms with van der Waals surface area (Å²) >= 11 is 0. The number of allylic oxidation sites excluding steroid dienone is 3. The summed E-state index contributed by atoms with van der Waals surface area (Å²) in [6.45, 7) is 10.9. The van der Waals surface area contributed by atoms with Crippen molar-refractivity contribution in [3.05, 3.63) is 36.5 Å². The van der Waals surface area contributed by atoms with Crippen LogP contribution >= 0.6 is 0 Å². The summed E-state index contributed by atoms with van der Waals surface area (Å²) < 4.78 is 0. The Morgan fingerprint density at radius 1 is 1.46 bits per heavy atom. The zero-order chi connectivity index (χ0) is 10.4. The first kappa shape index (κ1) is 11.7. The molecule has 0 aromatic carbocycles. The summed E-state index contributed by atoms with van der Waals surface area (Å²) in [5.41, 5.74) is 1.27. The molecule has 0 aliphatic carbocycles. The molecule has 0 rings (SSSR count). The molecule has 0 fully saturated rings. The van der Waals surface area contributed by atoms with E-state index in [0.29, 0.717) is 5.57 Å². The number of aliphatic carboxylic acids is 1. The van der Waals surface area contributed by atoms with Crippen molar-refractivity contribution in [1.29, 1.82) is 0 Å². The van der Waals surface area contributed by atoms with Crippen LogP contribution in [0.5, 0.6) is 0 Å². The Bertz CT molecular complexity index is 241. The molecule has 0 atom stereocenters. The summed E-state index contributed by atoms with van der Waals surface area (Å²) in [6.07, 6.45) is 3.92. The normalized spacial score (nSPS) is 12.2. The molecule has 0 bridgehead atoms. The van der Waals surface area contributed by atoms with Crippen LogP contribution in [0.3, 0.4) is 0 Å². The third-order valence-corrected chi connectivity index (χ3v) is 2.06. The number of rotatable bonds is 5. The van der Waals surface area contributed by atoms with Gasteiger partial charge in [-0.3, -0.25) is 0 Å². The van der Waals surface area contributed by atoms with Gasteiger partial charge in [0.1, 0.15) is 0 Å². The lowest BCUT2D eigenvalue weighted by Gasteiger charge is -2.11. The Hall–Kier alpha value is -1.31. The molecule has 2 heteroatoms. The molecule has 0 aromatic rings. The zero-order valence-electron chi connectivity index (χ0n) is 8.21. The largest absolute Gasteiger partial charge is 0.478 e. The van der Waals surface area contributed by atoms with Crippen molar-refractivity contribution in [3.8, 4) is 0 Å². The van der Waals surface area contributed by atoms with Gasteiger partial charge in [0.2, 0.25) is 0 Å². The van der Waals surface area contributed by atoms with Gasteiger partial charge >= 0.3 is 5.97 Å². The molecule has 0 saturated heterocycles. The first-order valence-corrected chi connectivity index (χ1v) is 4.26. The molecule has 0 aliphatic rings. The quantitative estimate of drug-likeness (QED) is 0.521. The fourth-order valence-electron chi connectivity index (χ4n) is 1.13. The molecule has 13 heavy (non-hydrogen) atoms. The van der Waals surface area contributed by atoms with Gasteiger partial charge in [0.05, 0.1) is 0 Å². The Kier molecular flexibility index (Phi) is 4.82. The van der Waals surface area contributed by atoms with E-state index < -0.39 is 5.97 Å². The van der Waals surface area contributed by atoms with Gasteiger partial charge in [0.25, 0.3) is 0 Å². The lowest BCUT2D eigenvalue weighted by atomic mass is 9.94. The van der Waals surface area contributed by atoms with E-state index in [1.165, 1.54) is 0 Å². The third-order valence-electron chi connectivity index (χ3n) is 2.06. The van der Waals surface area contributed by atoms with Gasteiger partial charge in [-0.05, 0) is 13.3 Å². The molecule has 0 spiro atoms. The minimum atomic E-state index is -0.885. The Labute approximate surface area is 79.3 Å². The van der Waals surface area contributed by atoms with E-state index >= 15 is 0 Å². The molecule has 0 radical (unpaired) electrons. The minimum Gasteiger partial charge on any atom is -0.478 e. The molecule has 0 amide bonds. The number of hydrogen-bond donors (Lipinski definition) is 1. The van der Waals surface area contributed by atoms with Crippen LogP contribution in [0.2, 0.25) is 0 Å². The monoisotopic (exact) mass is 180 g/mol. The summed E-state index contributed by atoms with van der Waals surface area (Å²) in [6, 6.07) is 0. The lowest BCUT2D eigenvalue weighted by Crippen LogP contribution is -2.11. The predicted molar refractivity (Wildman–Crippen MR) is 54.5 cm³/mol. The Morgan fingerprint density at radius 2 is 1.92 bits per heavy atom. The lowest BCUT2D eigenvalue weighted by molar-refractivity contribution is -0.133. The average molecular weight is 180 g/mol. The van der Waals surface area contributed by atoms with Gasteiger partial charge in [-0.2, -0.15) is 0 Å². The highest BCUT2D eigenvalue weighted by Crippen LogP contribution is 2.19. The topological polar surface area (TPSA) is 37.3 Å². The van der Waals surface area contributed by atoms with Gasteiger partial charge in [0.15, 0.2) is 0 Å².